The van der Waals surface area contributed by atoms with Gasteiger partial charge in [0.05, 0.1) is 30.2 Å². The number of rotatable bonds is 10. The second kappa shape index (κ2) is 15.3. The molecule has 1 aliphatic rings. The van der Waals surface area contributed by atoms with E-state index in [2.05, 4.69) is 10.6 Å². The number of amides is 3. The lowest BCUT2D eigenvalue weighted by Crippen LogP contribution is -2.53. The van der Waals surface area contributed by atoms with Gasteiger partial charge in [0, 0.05) is 25.2 Å². The maximum atomic E-state index is 13.7. The molecule has 0 radical (unpaired) electrons. The predicted octanol–water partition coefficient (Wildman–Crippen LogP) is 5.81. The van der Waals surface area contributed by atoms with Crippen LogP contribution < -0.4 is 10.6 Å². The molecule has 0 spiro atoms. The van der Waals surface area contributed by atoms with Crippen molar-refractivity contribution in [2.45, 2.75) is 37.1 Å². The lowest BCUT2D eigenvalue weighted by atomic mass is 10.0. The Morgan fingerprint density at radius 2 is 1.70 bits per heavy atom. The Morgan fingerprint density at radius 3 is 2.35 bits per heavy atom. The number of sulfone groups is 1. The SMILES string of the molecule is CCCC=C(c1cccc(NC(=O)[C@H](Cc2cc(I)c(O)c(I)c2)NC(=O)N2CCOCC2)c1)S(=O)(=O)c1ccccc1. The fourth-order valence-corrected chi connectivity index (χ4v) is 7.99. The van der Waals surface area contributed by atoms with E-state index < -0.39 is 21.8 Å². The van der Waals surface area contributed by atoms with Crippen molar-refractivity contribution in [3.8, 4) is 5.75 Å². The summed E-state index contributed by atoms with van der Waals surface area (Å²) in [5.74, 6) is -0.292. The summed E-state index contributed by atoms with van der Waals surface area (Å²) in [7, 11) is -3.81. The molecule has 228 valence electrons. The van der Waals surface area contributed by atoms with Crippen LogP contribution in [-0.2, 0) is 25.8 Å². The van der Waals surface area contributed by atoms with Gasteiger partial charge in [-0.05, 0) is 99.1 Å². The molecule has 1 aliphatic heterocycles. The number of nitrogens with one attached hydrogen (secondary N) is 2. The molecule has 1 saturated heterocycles. The molecule has 0 saturated carbocycles. The van der Waals surface area contributed by atoms with Crippen molar-refractivity contribution in [2.24, 2.45) is 0 Å². The number of aromatic hydroxyl groups is 1. The van der Waals surface area contributed by atoms with E-state index in [-0.39, 0.29) is 28.0 Å². The van der Waals surface area contributed by atoms with Gasteiger partial charge in [-0.1, -0.05) is 49.8 Å². The Labute approximate surface area is 279 Å². The van der Waals surface area contributed by atoms with E-state index in [1.54, 1.807) is 77.7 Å². The molecule has 0 bridgehead atoms. The molecule has 1 fully saturated rings. The van der Waals surface area contributed by atoms with Crippen molar-refractivity contribution in [3.05, 3.63) is 91.1 Å². The minimum Gasteiger partial charge on any atom is -0.506 e. The number of nitrogens with zero attached hydrogens (tertiary/aromatic N) is 1. The monoisotopic (exact) mass is 829 g/mol. The van der Waals surface area contributed by atoms with Gasteiger partial charge in [-0.3, -0.25) is 4.79 Å². The molecule has 4 rings (SSSR count). The smallest absolute Gasteiger partial charge is 0.318 e. The number of phenols is 1. The van der Waals surface area contributed by atoms with E-state index in [0.717, 1.165) is 12.0 Å². The third-order valence-electron chi connectivity index (χ3n) is 6.81. The van der Waals surface area contributed by atoms with Gasteiger partial charge < -0.3 is 25.4 Å². The van der Waals surface area contributed by atoms with Crippen LogP contribution in [0.1, 0.15) is 30.9 Å². The maximum Gasteiger partial charge on any atom is 0.318 e. The molecule has 3 N–H and O–H groups in total. The average molecular weight is 829 g/mol. The number of unbranched alkanes of at least 4 members (excludes halogenated alkanes) is 1. The molecule has 3 aromatic carbocycles. The molecule has 0 unspecified atom stereocenters. The van der Waals surface area contributed by atoms with Crippen molar-refractivity contribution in [1.82, 2.24) is 10.2 Å². The second-order valence-electron chi connectivity index (χ2n) is 9.96. The lowest BCUT2D eigenvalue weighted by molar-refractivity contribution is -0.118. The third kappa shape index (κ3) is 8.70. The number of carbonyl (C=O) groups excluding carboxylic acids is 2. The Morgan fingerprint density at radius 1 is 1.02 bits per heavy atom. The van der Waals surface area contributed by atoms with Crippen LogP contribution in [0.25, 0.3) is 4.91 Å². The van der Waals surface area contributed by atoms with E-state index in [0.29, 0.717) is 51.1 Å². The first-order valence-electron chi connectivity index (χ1n) is 13.8. The van der Waals surface area contributed by atoms with E-state index in [1.807, 2.05) is 52.1 Å². The zero-order valence-corrected chi connectivity index (χ0v) is 28.7. The second-order valence-corrected chi connectivity index (χ2v) is 14.2. The first kappa shape index (κ1) is 33.2. The summed E-state index contributed by atoms with van der Waals surface area (Å²) in [6.45, 7) is 3.65. The highest BCUT2D eigenvalue weighted by Crippen LogP contribution is 2.31. The molecule has 1 heterocycles. The van der Waals surface area contributed by atoms with Crippen LogP contribution in [0.4, 0.5) is 10.5 Å². The highest BCUT2D eigenvalue weighted by molar-refractivity contribution is 14.1. The van der Waals surface area contributed by atoms with Gasteiger partial charge in [0.2, 0.25) is 15.7 Å². The normalized spacial score (nSPS) is 14.7. The van der Waals surface area contributed by atoms with Gasteiger partial charge in [-0.2, -0.15) is 0 Å². The van der Waals surface area contributed by atoms with Crippen molar-refractivity contribution in [1.29, 1.82) is 0 Å². The van der Waals surface area contributed by atoms with E-state index in [4.69, 9.17) is 4.74 Å². The fourth-order valence-electron chi connectivity index (χ4n) is 4.55. The summed E-state index contributed by atoms with van der Waals surface area (Å²) in [6, 6.07) is 17.2. The average Bonchev–Trinajstić information content (AvgIpc) is 3.00. The fraction of sp³-hybridized carbons (Fsp3) is 0.290. The predicted molar refractivity (Wildman–Crippen MR) is 184 cm³/mol. The first-order valence-corrected chi connectivity index (χ1v) is 17.5. The van der Waals surface area contributed by atoms with Gasteiger partial charge in [0.15, 0.2) is 0 Å². The summed E-state index contributed by atoms with van der Waals surface area (Å²) in [6.07, 6.45) is 3.22. The van der Waals surface area contributed by atoms with Crippen molar-refractivity contribution < 1.29 is 27.9 Å². The van der Waals surface area contributed by atoms with Crippen LogP contribution in [0, 0.1) is 7.14 Å². The number of anilines is 1. The largest absolute Gasteiger partial charge is 0.506 e. The van der Waals surface area contributed by atoms with Gasteiger partial charge in [-0.15, -0.1) is 0 Å². The number of allylic oxidation sites excluding steroid dienone is 1. The number of carbonyl (C=O) groups is 2. The lowest BCUT2D eigenvalue weighted by Gasteiger charge is -2.29. The number of halogens is 2. The Bertz CT molecular complexity index is 1570. The molecule has 3 amide bonds. The topological polar surface area (TPSA) is 125 Å². The number of ether oxygens (including phenoxy) is 1. The van der Waals surface area contributed by atoms with Crippen LogP contribution >= 0.6 is 45.2 Å². The molecule has 9 nitrogen and oxygen atoms in total. The van der Waals surface area contributed by atoms with Crippen molar-refractivity contribution in [3.63, 3.8) is 0 Å². The standard InChI is InChI=1S/C31H33I2N3O6S/c1-2-3-12-28(43(40,41)24-10-5-4-6-11-24)22-8-7-9-23(20-22)34-30(38)27(35-31(39)36-13-15-42-16-14-36)19-21-17-25(32)29(37)26(33)18-21/h4-12,17-18,20,27,37H,2-3,13-16,19H2,1H3,(H,34,38)(H,35,39)/t27-/m0/s1. The molecule has 0 aliphatic carbocycles. The van der Waals surface area contributed by atoms with Crippen LogP contribution in [0.2, 0.25) is 0 Å². The highest BCUT2D eigenvalue weighted by atomic mass is 127. The number of hydrogen-bond acceptors (Lipinski definition) is 6. The number of urea groups is 1. The van der Waals surface area contributed by atoms with Gasteiger partial charge in [0.25, 0.3) is 0 Å². The Kier molecular flexibility index (Phi) is 11.9. The number of hydrogen-bond donors (Lipinski definition) is 3. The summed E-state index contributed by atoms with van der Waals surface area (Å²) < 4.78 is 33.8. The zero-order chi connectivity index (χ0) is 31.0. The van der Waals surface area contributed by atoms with Crippen molar-refractivity contribution >= 4 is 77.5 Å². The minimum atomic E-state index is -3.81. The molecule has 1 atom stereocenters. The number of phenolic OH excluding ortho intramolecular Hbond substituents is 1. The molecule has 43 heavy (non-hydrogen) atoms. The number of benzene rings is 3. The number of morpholine rings is 1. The van der Waals surface area contributed by atoms with Crippen LogP contribution in [0.5, 0.6) is 5.75 Å². The quantitative estimate of drug-likeness (QED) is 0.222. The summed E-state index contributed by atoms with van der Waals surface area (Å²) in [5.41, 5.74) is 1.61. The van der Waals surface area contributed by atoms with Crippen molar-refractivity contribution in [2.75, 3.05) is 31.6 Å². The van der Waals surface area contributed by atoms with E-state index in [9.17, 15) is 23.1 Å². The van der Waals surface area contributed by atoms with Gasteiger partial charge >= 0.3 is 6.03 Å². The minimum absolute atomic E-state index is 0.164. The molecule has 0 aromatic heterocycles. The molecular formula is C31H33I2N3O6S. The summed E-state index contributed by atoms with van der Waals surface area (Å²) in [5, 5.41) is 16.0. The van der Waals surface area contributed by atoms with Crippen LogP contribution in [0.3, 0.4) is 0 Å². The summed E-state index contributed by atoms with van der Waals surface area (Å²) in [4.78, 5) is 28.7. The maximum absolute atomic E-state index is 13.7. The Balaban J connectivity index is 1.62. The first-order chi connectivity index (χ1) is 20.6. The zero-order valence-electron chi connectivity index (χ0n) is 23.6. The van der Waals surface area contributed by atoms with E-state index in [1.165, 1.54) is 0 Å². The van der Waals surface area contributed by atoms with Crippen LogP contribution in [-0.4, -0.2) is 62.7 Å². The third-order valence-corrected chi connectivity index (χ3v) is 10.3. The molecular weight excluding hydrogens is 796 g/mol. The highest BCUT2D eigenvalue weighted by Gasteiger charge is 2.27. The van der Waals surface area contributed by atoms with E-state index >= 15 is 0 Å². The van der Waals surface area contributed by atoms with Gasteiger partial charge in [-0.25, -0.2) is 13.2 Å². The molecule has 12 heteroatoms. The summed E-state index contributed by atoms with van der Waals surface area (Å²) >= 11 is 4.06. The molecule has 3 aromatic rings. The Hall–Kier alpha value is -2.69. The van der Waals surface area contributed by atoms with Gasteiger partial charge in [0.1, 0.15) is 11.8 Å². The van der Waals surface area contributed by atoms with Crippen LogP contribution in [0.15, 0.2) is 77.7 Å².